The molecule has 1 rings (SSSR count). The van der Waals surface area contributed by atoms with E-state index in [1.165, 1.54) is 13.8 Å². The van der Waals surface area contributed by atoms with E-state index in [1.54, 1.807) is 4.89 Å². The third kappa shape index (κ3) is 3.35. The van der Waals surface area contributed by atoms with E-state index < -0.39 is 33.4 Å². The summed E-state index contributed by atoms with van der Waals surface area (Å²) in [4.78, 5) is 27.8. The van der Waals surface area contributed by atoms with Crippen LogP contribution in [-0.2, 0) is 24.4 Å². The maximum atomic E-state index is 12.0. The van der Waals surface area contributed by atoms with Crippen LogP contribution >= 0.6 is 0 Å². The molecule has 0 saturated heterocycles. The molecule has 0 saturated carbocycles. The highest BCUT2D eigenvalue weighted by Crippen LogP contribution is 2.27. The second kappa shape index (κ2) is 6.03. The van der Waals surface area contributed by atoms with E-state index in [2.05, 4.69) is 9.57 Å². The minimum Gasteiger partial charge on any atom is -0.465 e. The van der Waals surface area contributed by atoms with Gasteiger partial charge >= 0.3 is 5.97 Å². The number of hydrogen-bond acceptors (Lipinski definition) is 7. The number of aryl methyl sites for hydroxylation is 2. The quantitative estimate of drug-likeness (QED) is 0.527. The van der Waals surface area contributed by atoms with Gasteiger partial charge < -0.3 is 14.9 Å². The molecule has 0 aliphatic heterocycles. The number of esters is 1. The van der Waals surface area contributed by atoms with Gasteiger partial charge in [-0.3, -0.25) is 9.63 Å². The zero-order valence-corrected chi connectivity index (χ0v) is 11.9. The van der Waals surface area contributed by atoms with E-state index in [4.69, 9.17) is 10.2 Å². The number of sulfonamides is 1. The van der Waals surface area contributed by atoms with Crippen LogP contribution in [0.4, 0.5) is 0 Å². The van der Waals surface area contributed by atoms with Gasteiger partial charge in [0, 0.05) is 0 Å². The standard InChI is InChI=1S/C10H14N2O7S/c1-5-8(10(14)17-3)9(6(2)19-5)20(15,16)12-18-4-7(11)13/h12H,4H2,1-3H3,(H2,11,13). The fourth-order valence-corrected chi connectivity index (χ4v) is 2.76. The number of carbonyl (C=O) groups excluding carboxylic acids is 2. The van der Waals surface area contributed by atoms with Crippen LogP contribution in [0.25, 0.3) is 0 Å². The molecule has 1 aromatic heterocycles. The Kier molecular flexibility index (Phi) is 4.87. The summed E-state index contributed by atoms with van der Waals surface area (Å²) in [7, 11) is -3.12. The van der Waals surface area contributed by atoms with E-state index in [9.17, 15) is 18.0 Å². The number of primary amides is 1. The Morgan fingerprint density at radius 1 is 1.30 bits per heavy atom. The van der Waals surface area contributed by atoms with Crippen molar-refractivity contribution in [3.05, 3.63) is 17.1 Å². The van der Waals surface area contributed by atoms with Gasteiger partial charge in [-0.15, -0.1) is 0 Å². The van der Waals surface area contributed by atoms with Crippen molar-refractivity contribution < 1.29 is 32.0 Å². The molecule has 1 aromatic rings. The van der Waals surface area contributed by atoms with E-state index >= 15 is 0 Å². The third-order valence-electron chi connectivity index (χ3n) is 2.25. The zero-order valence-electron chi connectivity index (χ0n) is 11.1. The van der Waals surface area contributed by atoms with E-state index in [0.717, 1.165) is 7.11 Å². The number of amides is 1. The van der Waals surface area contributed by atoms with Gasteiger partial charge in [0.25, 0.3) is 10.0 Å². The Balaban J connectivity index is 3.18. The molecule has 0 fully saturated rings. The number of hydrogen-bond donors (Lipinski definition) is 2. The molecule has 0 unspecified atom stereocenters. The summed E-state index contributed by atoms with van der Waals surface area (Å²) in [5.74, 6) is -1.65. The molecule has 112 valence electrons. The highest BCUT2D eigenvalue weighted by Gasteiger charge is 2.31. The van der Waals surface area contributed by atoms with Gasteiger partial charge in [0.1, 0.15) is 28.6 Å². The largest absolute Gasteiger partial charge is 0.465 e. The highest BCUT2D eigenvalue weighted by atomic mass is 32.2. The van der Waals surface area contributed by atoms with Crippen molar-refractivity contribution in [1.29, 1.82) is 0 Å². The number of nitrogens with two attached hydrogens (primary N) is 1. The van der Waals surface area contributed by atoms with Crippen LogP contribution in [0.2, 0.25) is 0 Å². The topological polar surface area (TPSA) is 138 Å². The summed E-state index contributed by atoms with van der Waals surface area (Å²) >= 11 is 0. The number of furan rings is 1. The third-order valence-corrected chi connectivity index (χ3v) is 3.61. The van der Waals surface area contributed by atoms with Crippen molar-refractivity contribution in [2.45, 2.75) is 18.7 Å². The first-order chi connectivity index (χ1) is 9.20. The van der Waals surface area contributed by atoms with Crippen molar-refractivity contribution in [3.8, 4) is 0 Å². The number of ether oxygens (including phenoxy) is 1. The SMILES string of the molecule is COC(=O)c1c(C)oc(C)c1S(=O)(=O)NOCC(N)=O. The van der Waals surface area contributed by atoms with Gasteiger partial charge in [-0.25, -0.2) is 13.2 Å². The molecule has 0 atom stereocenters. The normalized spacial score (nSPS) is 11.3. The van der Waals surface area contributed by atoms with Gasteiger partial charge in [0.05, 0.1) is 7.11 Å². The molecule has 0 aliphatic carbocycles. The van der Waals surface area contributed by atoms with Gasteiger partial charge in [-0.1, -0.05) is 4.89 Å². The molecule has 1 heterocycles. The lowest BCUT2D eigenvalue weighted by molar-refractivity contribution is -0.123. The fraction of sp³-hybridized carbons (Fsp3) is 0.400. The smallest absolute Gasteiger partial charge is 0.342 e. The lowest BCUT2D eigenvalue weighted by Crippen LogP contribution is -2.30. The maximum absolute atomic E-state index is 12.0. The van der Waals surface area contributed by atoms with Crippen LogP contribution in [0.15, 0.2) is 9.31 Å². The summed E-state index contributed by atoms with van der Waals surface area (Å²) in [5, 5.41) is 0. The first-order valence-electron chi connectivity index (χ1n) is 5.31. The number of methoxy groups -OCH3 is 1. The molecule has 3 N–H and O–H groups in total. The lowest BCUT2D eigenvalue weighted by Gasteiger charge is -2.06. The van der Waals surface area contributed by atoms with Crippen molar-refractivity contribution in [2.24, 2.45) is 5.73 Å². The van der Waals surface area contributed by atoms with Crippen molar-refractivity contribution in [2.75, 3.05) is 13.7 Å². The van der Waals surface area contributed by atoms with Gasteiger partial charge in [-0.2, -0.15) is 0 Å². The Bertz CT molecular complexity index is 632. The highest BCUT2D eigenvalue weighted by molar-refractivity contribution is 7.89. The van der Waals surface area contributed by atoms with Crippen molar-refractivity contribution in [3.63, 3.8) is 0 Å². The van der Waals surface area contributed by atoms with Crippen molar-refractivity contribution >= 4 is 21.9 Å². The summed E-state index contributed by atoms with van der Waals surface area (Å²) < 4.78 is 33.7. The molecule has 0 aromatic carbocycles. The predicted octanol–water partition coefficient (Wildman–Crippen LogP) is -0.622. The molecule has 0 bridgehead atoms. The van der Waals surface area contributed by atoms with Crippen LogP contribution in [0.1, 0.15) is 21.9 Å². The fourth-order valence-electron chi connectivity index (χ4n) is 1.54. The monoisotopic (exact) mass is 306 g/mol. The van der Waals surface area contributed by atoms with Crippen LogP contribution in [0.5, 0.6) is 0 Å². The minimum absolute atomic E-state index is 0.0157. The molecular weight excluding hydrogens is 292 g/mol. The van der Waals surface area contributed by atoms with Gasteiger partial charge in [0.15, 0.2) is 0 Å². The van der Waals surface area contributed by atoms with Gasteiger partial charge in [0.2, 0.25) is 5.91 Å². The van der Waals surface area contributed by atoms with E-state index in [0.29, 0.717) is 0 Å². The minimum atomic E-state index is -4.23. The predicted molar refractivity (Wildman–Crippen MR) is 65.0 cm³/mol. The summed E-state index contributed by atoms with van der Waals surface area (Å²) in [6.45, 7) is 2.13. The average Bonchev–Trinajstić information content (AvgIpc) is 2.63. The number of nitrogens with one attached hydrogen (secondary N) is 1. The Morgan fingerprint density at radius 2 is 1.90 bits per heavy atom. The molecule has 0 radical (unpaired) electrons. The van der Waals surface area contributed by atoms with Gasteiger partial charge in [-0.05, 0) is 13.8 Å². The molecule has 1 amide bonds. The number of carbonyl (C=O) groups is 2. The van der Waals surface area contributed by atoms with E-state index in [1.807, 2.05) is 0 Å². The average molecular weight is 306 g/mol. The van der Waals surface area contributed by atoms with E-state index in [-0.39, 0.29) is 17.1 Å². The maximum Gasteiger partial charge on any atom is 0.342 e. The zero-order chi connectivity index (χ0) is 15.5. The molecule has 20 heavy (non-hydrogen) atoms. The molecule has 9 nitrogen and oxygen atoms in total. The van der Waals surface area contributed by atoms with Crippen LogP contribution in [0, 0.1) is 13.8 Å². The van der Waals surface area contributed by atoms with Crippen molar-refractivity contribution in [1.82, 2.24) is 4.89 Å². The summed E-state index contributed by atoms with van der Waals surface area (Å²) in [6.07, 6.45) is 0. The summed E-state index contributed by atoms with van der Waals surface area (Å²) in [5.41, 5.74) is 4.57. The summed E-state index contributed by atoms with van der Waals surface area (Å²) in [6, 6.07) is 0. The first-order valence-corrected chi connectivity index (χ1v) is 6.79. The first kappa shape index (κ1) is 16.1. The Labute approximate surface area is 115 Å². The Morgan fingerprint density at radius 3 is 2.40 bits per heavy atom. The number of rotatable bonds is 6. The second-order valence-electron chi connectivity index (χ2n) is 3.75. The lowest BCUT2D eigenvalue weighted by atomic mass is 10.2. The van der Waals surface area contributed by atoms with Crippen LogP contribution < -0.4 is 10.6 Å². The molecular formula is C10H14N2O7S. The Hall–Kier alpha value is -1.91. The molecule has 0 spiro atoms. The molecule has 10 heteroatoms. The molecule has 0 aliphatic rings. The van der Waals surface area contributed by atoms with Crippen LogP contribution in [0.3, 0.4) is 0 Å². The van der Waals surface area contributed by atoms with Crippen LogP contribution in [-0.4, -0.2) is 34.0 Å². The second-order valence-corrected chi connectivity index (χ2v) is 5.33.